The highest BCUT2D eigenvalue weighted by Gasteiger charge is 2.26. The maximum atomic E-state index is 5.21. The van der Waals surface area contributed by atoms with Crippen molar-refractivity contribution in [2.45, 2.75) is 0 Å². The van der Waals surface area contributed by atoms with Crippen LogP contribution in [0.15, 0.2) is 400 Å². The maximum absolute atomic E-state index is 5.21. The van der Waals surface area contributed by atoms with E-state index in [1.807, 2.05) is 97.1 Å². The predicted octanol–water partition coefficient (Wildman–Crippen LogP) is 25.5. The Labute approximate surface area is 645 Å². The highest BCUT2D eigenvalue weighted by Crippen LogP contribution is 2.47. The van der Waals surface area contributed by atoms with Crippen LogP contribution in [0.3, 0.4) is 0 Å². The SMILES string of the molecule is c1ccc(-c2nc(-c3ccccc3)nc(-c3cc(-n4c5ccccc5c5c4ccc4c6ccccc6n(-c6ccccc6)c45)ccc3-c3ccccc3)n2)cc1.c1ccc(-c2nc(-c3ccccc3)nc(-c3ccc(-n4c5ccccc5c5c4ccc4c6ccccc6n(-c6ccccc6)c45)cc3-c3ccccc3)n2)cc1. The van der Waals surface area contributed by atoms with Crippen molar-refractivity contribution in [3.05, 3.63) is 400 Å². The molecule has 0 N–H and O–H groups in total. The molecular weight excluding hydrogens is 1370 g/mol. The first-order chi connectivity index (χ1) is 55.6. The summed E-state index contributed by atoms with van der Waals surface area (Å²) in [6.07, 6.45) is 0. The van der Waals surface area contributed by atoms with Crippen molar-refractivity contribution >= 4 is 87.2 Å². The van der Waals surface area contributed by atoms with Gasteiger partial charge in [0.2, 0.25) is 0 Å². The average Bonchev–Trinajstić information content (AvgIpc) is 1.55. The van der Waals surface area contributed by atoms with Crippen LogP contribution in [0, 0.1) is 0 Å². The summed E-state index contributed by atoms with van der Waals surface area (Å²) in [5.74, 6) is 3.78. The molecule has 6 heterocycles. The lowest BCUT2D eigenvalue weighted by atomic mass is 9.98. The molecule has 0 atom stereocenters. The van der Waals surface area contributed by atoms with Crippen LogP contribution in [0.5, 0.6) is 0 Å². The van der Waals surface area contributed by atoms with Crippen LogP contribution >= 0.6 is 0 Å². The molecule has 0 saturated carbocycles. The zero-order valence-corrected chi connectivity index (χ0v) is 60.6. The van der Waals surface area contributed by atoms with Crippen LogP contribution < -0.4 is 0 Å². The summed E-state index contributed by atoms with van der Waals surface area (Å²) in [7, 11) is 0. The van der Waals surface area contributed by atoms with E-state index in [1.54, 1.807) is 0 Å². The highest BCUT2D eigenvalue weighted by molar-refractivity contribution is 6.28. The van der Waals surface area contributed by atoms with E-state index in [0.717, 1.165) is 100 Å². The van der Waals surface area contributed by atoms with E-state index in [0.29, 0.717) is 34.9 Å². The van der Waals surface area contributed by atoms with Gasteiger partial charge in [0.1, 0.15) is 0 Å². The van der Waals surface area contributed by atoms with Crippen molar-refractivity contribution in [1.82, 2.24) is 48.2 Å². The van der Waals surface area contributed by atoms with Crippen molar-refractivity contribution in [1.29, 1.82) is 0 Å². The lowest BCUT2D eigenvalue weighted by molar-refractivity contribution is 1.07. The number of para-hydroxylation sites is 6. The van der Waals surface area contributed by atoms with Crippen LogP contribution in [0.25, 0.3) is 201 Å². The molecule has 22 aromatic rings. The van der Waals surface area contributed by atoms with E-state index < -0.39 is 0 Å². The minimum absolute atomic E-state index is 0.616. The quantitative estimate of drug-likeness (QED) is 0.121. The Morgan fingerprint density at radius 3 is 0.804 bits per heavy atom. The summed E-state index contributed by atoms with van der Waals surface area (Å²) in [6.45, 7) is 0. The third-order valence-corrected chi connectivity index (χ3v) is 21.5. The fourth-order valence-electron chi connectivity index (χ4n) is 16.6. The Hall–Kier alpha value is -15.3. The van der Waals surface area contributed by atoms with E-state index in [1.165, 1.54) is 65.2 Å². The molecule has 22 rings (SSSR count). The third-order valence-electron chi connectivity index (χ3n) is 21.5. The summed E-state index contributed by atoms with van der Waals surface area (Å²) < 4.78 is 9.66. The lowest BCUT2D eigenvalue weighted by Crippen LogP contribution is -2.02. The van der Waals surface area contributed by atoms with Gasteiger partial charge in [-0.15, -0.1) is 0 Å². The molecule has 0 radical (unpaired) electrons. The zero-order chi connectivity index (χ0) is 74.0. The lowest BCUT2D eigenvalue weighted by Gasteiger charge is -2.15. The Balaban J connectivity index is 0.000000141. The van der Waals surface area contributed by atoms with E-state index in [9.17, 15) is 0 Å². The van der Waals surface area contributed by atoms with Gasteiger partial charge in [-0.25, -0.2) is 29.9 Å². The summed E-state index contributed by atoms with van der Waals surface area (Å²) in [4.78, 5) is 30.7. The van der Waals surface area contributed by atoms with Crippen molar-refractivity contribution in [2.24, 2.45) is 0 Å². The van der Waals surface area contributed by atoms with Gasteiger partial charge in [-0.05, 0) is 113 Å². The summed E-state index contributed by atoms with van der Waals surface area (Å²) >= 11 is 0. The van der Waals surface area contributed by atoms with Crippen molar-refractivity contribution in [2.75, 3.05) is 0 Å². The fraction of sp³-hybridized carbons (Fsp3) is 0. The normalized spacial score (nSPS) is 11.6. The van der Waals surface area contributed by atoms with Gasteiger partial charge in [-0.1, -0.05) is 309 Å². The number of aromatic nitrogens is 10. The second kappa shape index (κ2) is 27.5. The predicted molar refractivity (Wildman–Crippen MR) is 460 cm³/mol. The number of benzene rings is 16. The topological polar surface area (TPSA) is 97.1 Å². The first kappa shape index (κ1) is 65.1. The third kappa shape index (κ3) is 11.2. The molecule has 0 aliphatic carbocycles. The largest absolute Gasteiger partial charge is 0.309 e. The van der Waals surface area contributed by atoms with Crippen LogP contribution in [-0.2, 0) is 0 Å². The second-order valence-electron chi connectivity index (χ2n) is 28.1. The first-order valence-corrected chi connectivity index (χ1v) is 37.8. The number of nitrogens with zero attached hydrogens (tertiary/aromatic N) is 10. The number of hydrogen-bond donors (Lipinski definition) is 0. The molecule has 16 aromatic carbocycles. The van der Waals surface area contributed by atoms with Crippen LogP contribution in [0.4, 0.5) is 0 Å². The van der Waals surface area contributed by atoms with Gasteiger partial charge in [0, 0.05) is 99.2 Å². The van der Waals surface area contributed by atoms with E-state index >= 15 is 0 Å². The molecule has 0 aliphatic heterocycles. The average molecular weight is 1430 g/mol. The number of fused-ring (bicyclic) bond motifs is 14. The molecule has 0 spiro atoms. The summed E-state index contributed by atoms with van der Waals surface area (Å²) in [6, 6.07) is 141. The van der Waals surface area contributed by atoms with Crippen molar-refractivity contribution < 1.29 is 0 Å². The molecule has 10 heteroatoms. The van der Waals surface area contributed by atoms with E-state index in [-0.39, 0.29) is 0 Å². The molecule has 112 heavy (non-hydrogen) atoms. The minimum atomic E-state index is 0.616. The number of rotatable bonds is 12. The molecule has 10 nitrogen and oxygen atoms in total. The Morgan fingerprint density at radius 2 is 0.429 bits per heavy atom. The van der Waals surface area contributed by atoms with Gasteiger partial charge >= 0.3 is 0 Å². The molecule has 0 bridgehead atoms. The Bertz CT molecular complexity index is 7210. The molecule has 0 saturated heterocycles. The monoisotopic (exact) mass is 1430 g/mol. The fourth-order valence-corrected chi connectivity index (χ4v) is 16.6. The van der Waals surface area contributed by atoms with Crippen molar-refractivity contribution in [3.8, 4) is 113 Å². The molecule has 524 valence electrons. The van der Waals surface area contributed by atoms with Gasteiger partial charge < -0.3 is 18.3 Å². The van der Waals surface area contributed by atoms with Crippen LogP contribution in [0.2, 0.25) is 0 Å². The first-order valence-electron chi connectivity index (χ1n) is 37.8. The molecule has 0 fully saturated rings. The van der Waals surface area contributed by atoms with Crippen molar-refractivity contribution in [3.63, 3.8) is 0 Å². The van der Waals surface area contributed by atoms with Crippen LogP contribution in [0.1, 0.15) is 0 Å². The smallest absolute Gasteiger partial charge is 0.164 e. The molecular formula is C102H66N10. The highest BCUT2D eigenvalue weighted by atomic mass is 15.1. The summed E-state index contributed by atoms with van der Waals surface area (Å²) in [5, 5.41) is 9.77. The van der Waals surface area contributed by atoms with Gasteiger partial charge in [0.25, 0.3) is 0 Å². The molecule has 0 unspecified atom stereocenters. The Morgan fingerprint density at radius 1 is 0.152 bits per heavy atom. The van der Waals surface area contributed by atoms with Gasteiger partial charge in [-0.2, -0.15) is 0 Å². The maximum Gasteiger partial charge on any atom is 0.164 e. The molecule has 0 amide bonds. The molecule has 0 aliphatic rings. The number of hydrogen-bond acceptors (Lipinski definition) is 6. The molecule has 6 aromatic heterocycles. The second-order valence-corrected chi connectivity index (χ2v) is 28.1. The van der Waals surface area contributed by atoms with Gasteiger partial charge in [-0.3, -0.25) is 0 Å². The standard InChI is InChI=1S/2C51H33N5/c1-5-17-34(18-6-1)39-30-29-38(33-43(39)51-53-49(35-19-7-2-8-20-35)52-50(54-51)36-21-9-3-10-22-36)55-45-28-16-14-26-42(45)47-46(55)32-31-41-40-25-13-15-27-44(40)56(48(41)47)37-23-11-4-12-24-37;1-5-17-34(18-6-1)43-33-38(29-30-41(43)51-53-49(35-19-7-2-8-20-35)52-50(54-51)36-21-9-3-10-22-36)55-45-28-16-14-26-42(45)47-46(55)32-31-40-39-25-13-15-27-44(39)56(48(40)47)37-23-11-4-12-24-37/h2*1-33H. The minimum Gasteiger partial charge on any atom is -0.309 e. The Kier molecular flexibility index (Phi) is 16.0. The van der Waals surface area contributed by atoms with Gasteiger partial charge in [0.15, 0.2) is 34.9 Å². The van der Waals surface area contributed by atoms with E-state index in [4.69, 9.17) is 29.9 Å². The summed E-state index contributed by atoms with van der Waals surface area (Å²) in [5.41, 5.74) is 23.6. The zero-order valence-electron chi connectivity index (χ0n) is 60.6. The van der Waals surface area contributed by atoms with E-state index in [2.05, 4.69) is 322 Å². The van der Waals surface area contributed by atoms with Crippen LogP contribution in [-0.4, -0.2) is 48.2 Å². The van der Waals surface area contributed by atoms with Gasteiger partial charge in [0.05, 0.1) is 44.1 Å².